The number of rotatable bonds is 6. The Morgan fingerprint density at radius 2 is 1.80 bits per heavy atom. The molecule has 0 saturated carbocycles. The number of aliphatic hydroxyl groups is 1. The van der Waals surface area contributed by atoms with E-state index in [2.05, 4.69) is 15.4 Å². The third kappa shape index (κ3) is 3.92. The van der Waals surface area contributed by atoms with E-state index in [1.165, 1.54) is 12.1 Å². The predicted molar refractivity (Wildman–Crippen MR) is 93.9 cm³/mol. The number of halogens is 1. The van der Waals surface area contributed by atoms with Gasteiger partial charge in [-0.1, -0.05) is 0 Å². The van der Waals surface area contributed by atoms with Crippen molar-refractivity contribution in [3.05, 3.63) is 77.1 Å². The van der Waals surface area contributed by atoms with E-state index in [4.69, 9.17) is 0 Å². The average Bonchev–Trinajstić information content (AvgIpc) is 2.91. The molecular formula is C19H21FN4O. The fourth-order valence-electron chi connectivity index (χ4n) is 2.80. The number of aryl methyl sites for hydroxylation is 1. The van der Waals surface area contributed by atoms with Gasteiger partial charge in [0.05, 0.1) is 17.5 Å². The molecule has 5 nitrogen and oxygen atoms in total. The molecule has 6 heteroatoms. The minimum absolute atomic E-state index is 0.266. The summed E-state index contributed by atoms with van der Waals surface area (Å²) in [6, 6.07) is 9.87. The van der Waals surface area contributed by atoms with Crippen molar-refractivity contribution in [2.45, 2.75) is 26.5 Å². The second-order valence-corrected chi connectivity index (χ2v) is 5.96. The highest BCUT2D eigenvalue weighted by Crippen LogP contribution is 2.18. The van der Waals surface area contributed by atoms with Crippen LogP contribution in [-0.4, -0.2) is 26.4 Å². The molecule has 3 aromatic rings. The van der Waals surface area contributed by atoms with Crippen molar-refractivity contribution in [1.29, 1.82) is 0 Å². The Hall–Kier alpha value is -2.57. The lowest BCUT2D eigenvalue weighted by Crippen LogP contribution is -2.21. The smallest absolute Gasteiger partial charge is 0.123 e. The Morgan fingerprint density at radius 3 is 2.48 bits per heavy atom. The van der Waals surface area contributed by atoms with Gasteiger partial charge in [-0.25, -0.2) is 9.07 Å². The molecule has 1 aromatic carbocycles. The zero-order chi connectivity index (χ0) is 17.8. The number of hydrogen-bond donors (Lipinski definition) is 2. The van der Waals surface area contributed by atoms with Crippen LogP contribution in [0.15, 0.2) is 48.8 Å². The van der Waals surface area contributed by atoms with E-state index >= 15 is 0 Å². The number of hydrogen-bond acceptors (Lipinski definition) is 4. The van der Waals surface area contributed by atoms with Gasteiger partial charge in [0.2, 0.25) is 0 Å². The molecule has 1 atom stereocenters. The Kier molecular flexibility index (Phi) is 5.21. The van der Waals surface area contributed by atoms with Crippen molar-refractivity contribution in [3.8, 4) is 5.69 Å². The van der Waals surface area contributed by atoms with Crippen LogP contribution < -0.4 is 5.32 Å². The quantitative estimate of drug-likeness (QED) is 0.724. The molecule has 0 amide bonds. The lowest BCUT2D eigenvalue weighted by molar-refractivity contribution is 0.174. The molecule has 25 heavy (non-hydrogen) atoms. The average molecular weight is 340 g/mol. The molecule has 0 saturated heterocycles. The van der Waals surface area contributed by atoms with Crippen molar-refractivity contribution < 1.29 is 9.50 Å². The van der Waals surface area contributed by atoms with Gasteiger partial charge in [-0.2, -0.15) is 5.10 Å². The highest BCUT2D eigenvalue weighted by atomic mass is 19.1. The summed E-state index contributed by atoms with van der Waals surface area (Å²) in [7, 11) is 0. The van der Waals surface area contributed by atoms with Gasteiger partial charge in [0, 0.05) is 36.7 Å². The van der Waals surface area contributed by atoms with E-state index < -0.39 is 6.10 Å². The standard InChI is InChI=1S/C19H21FN4O/c1-13-18(11-22-12-19(25)15-7-9-21-10-8-15)14(2)24(23-13)17-5-3-16(20)4-6-17/h3-10,19,22,25H,11-12H2,1-2H3. The Morgan fingerprint density at radius 1 is 1.12 bits per heavy atom. The number of aliphatic hydroxyl groups excluding tert-OH is 1. The molecule has 1 unspecified atom stereocenters. The van der Waals surface area contributed by atoms with Crippen LogP contribution in [0.2, 0.25) is 0 Å². The lowest BCUT2D eigenvalue weighted by atomic mass is 10.1. The molecule has 0 aliphatic carbocycles. The zero-order valence-corrected chi connectivity index (χ0v) is 14.3. The maximum atomic E-state index is 13.1. The highest BCUT2D eigenvalue weighted by molar-refractivity contribution is 5.37. The first-order valence-electron chi connectivity index (χ1n) is 8.16. The summed E-state index contributed by atoms with van der Waals surface area (Å²) >= 11 is 0. The van der Waals surface area contributed by atoms with Gasteiger partial charge in [0.1, 0.15) is 5.82 Å². The maximum Gasteiger partial charge on any atom is 0.123 e. The predicted octanol–water partition coefficient (Wildman–Crippen LogP) is 2.85. The van der Waals surface area contributed by atoms with Crippen LogP contribution in [0.1, 0.15) is 28.6 Å². The zero-order valence-electron chi connectivity index (χ0n) is 14.3. The normalized spacial score (nSPS) is 12.3. The minimum Gasteiger partial charge on any atom is -0.387 e. The van der Waals surface area contributed by atoms with Crippen LogP contribution in [-0.2, 0) is 6.54 Å². The van der Waals surface area contributed by atoms with Gasteiger partial charge >= 0.3 is 0 Å². The third-order valence-electron chi connectivity index (χ3n) is 4.24. The fourth-order valence-corrected chi connectivity index (χ4v) is 2.80. The highest BCUT2D eigenvalue weighted by Gasteiger charge is 2.13. The van der Waals surface area contributed by atoms with Crippen molar-refractivity contribution >= 4 is 0 Å². The molecule has 0 aliphatic rings. The molecule has 2 heterocycles. The molecule has 0 fully saturated rings. The first kappa shape index (κ1) is 17.3. The largest absolute Gasteiger partial charge is 0.387 e. The second-order valence-electron chi connectivity index (χ2n) is 5.96. The van der Waals surface area contributed by atoms with E-state index in [1.54, 1.807) is 36.7 Å². The SMILES string of the molecule is Cc1nn(-c2ccc(F)cc2)c(C)c1CNCC(O)c1ccncc1. The van der Waals surface area contributed by atoms with Gasteiger partial charge < -0.3 is 10.4 Å². The van der Waals surface area contributed by atoms with E-state index in [0.717, 1.165) is 28.2 Å². The number of nitrogens with one attached hydrogen (secondary N) is 1. The second kappa shape index (κ2) is 7.55. The summed E-state index contributed by atoms with van der Waals surface area (Å²) < 4.78 is 14.9. The molecular weight excluding hydrogens is 319 g/mol. The number of benzene rings is 1. The molecule has 0 aliphatic heterocycles. The van der Waals surface area contributed by atoms with Crippen LogP contribution in [0, 0.1) is 19.7 Å². The van der Waals surface area contributed by atoms with Gasteiger partial charge in [0.25, 0.3) is 0 Å². The van der Waals surface area contributed by atoms with Crippen molar-refractivity contribution in [2.24, 2.45) is 0 Å². The van der Waals surface area contributed by atoms with Gasteiger partial charge in [-0.05, 0) is 55.8 Å². The number of pyridine rings is 1. The van der Waals surface area contributed by atoms with Gasteiger partial charge in [-0.15, -0.1) is 0 Å². The fraction of sp³-hybridized carbons (Fsp3) is 0.263. The number of nitrogens with zero attached hydrogens (tertiary/aromatic N) is 3. The molecule has 0 spiro atoms. The van der Waals surface area contributed by atoms with Crippen LogP contribution in [0.25, 0.3) is 5.69 Å². The first-order valence-corrected chi connectivity index (χ1v) is 8.16. The molecule has 0 bridgehead atoms. The van der Waals surface area contributed by atoms with Crippen LogP contribution in [0.3, 0.4) is 0 Å². The van der Waals surface area contributed by atoms with Crippen molar-refractivity contribution in [1.82, 2.24) is 20.1 Å². The third-order valence-corrected chi connectivity index (χ3v) is 4.24. The summed E-state index contributed by atoms with van der Waals surface area (Å²) in [5.41, 5.74) is 4.64. The Labute approximate surface area is 146 Å². The molecule has 2 aromatic heterocycles. The summed E-state index contributed by atoms with van der Waals surface area (Å²) in [5.74, 6) is -0.266. The maximum absolute atomic E-state index is 13.1. The van der Waals surface area contributed by atoms with E-state index in [1.807, 2.05) is 18.5 Å². The minimum atomic E-state index is -0.587. The summed E-state index contributed by atoms with van der Waals surface area (Å²) in [5, 5.41) is 18.0. The van der Waals surface area contributed by atoms with E-state index in [-0.39, 0.29) is 5.82 Å². The van der Waals surface area contributed by atoms with E-state index in [0.29, 0.717) is 13.1 Å². The van der Waals surface area contributed by atoms with Gasteiger partial charge in [-0.3, -0.25) is 4.98 Å². The van der Waals surface area contributed by atoms with Gasteiger partial charge in [0.15, 0.2) is 0 Å². The monoisotopic (exact) mass is 340 g/mol. The Balaban J connectivity index is 1.68. The lowest BCUT2D eigenvalue weighted by Gasteiger charge is -2.12. The Bertz CT molecular complexity index is 831. The summed E-state index contributed by atoms with van der Waals surface area (Å²) in [6.07, 6.45) is 2.75. The summed E-state index contributed by atoms with van der Waals surface area (Å²) in [4.78, 5) is 3.95. The topological polar surface area (TPSA) is 63.0 Å². The van der Waals surface area contributed by atoms with Crippen LogP contribution in [0.4, 0.5) is 4.39 Å². The van der Waals surface area contributed by atoms with Crippen LogP contribution >= 0.6 is 0 Å². The molecule has 2 N–H and O–H groups in total. The molecule has 3 rings (SSSR count). The van der Waals surface area contributed by atoms with Crippen molar-refractivity contribution in [3.63, 3.8) is 0 Å². The van der Waals surface area contributed by atoms with Crippen molar-refractivity contribution in [2.75, 3.05) is 6.54 Å². The summed E-state index contributed by atoms with van der Waals surface area (Å²) in [6.45, 7) is 4.97. The molecule has 130 valence electrons. The molecule has 0 radical (unpaired) electrons. The van der Waals surface area contributed by atoms with E-state index in [9.17, 15) is 9.50 Å². The van der Waals surface area contributed by atoms with Crippen LogP contribution in [0.5, 0.6) is 0 Å². The first-order chi connectivity index (χ1) is 12.1. The number of aromatic nitrogens is 3.